The highest BCUT2D eigenvalue weighted by Crippen LogP contribution is 2.25. The molecule has 7 heteroatoms. The van der Waals surface area contributed by atoms with Gasteiger partial charge in [-0.15, -0.1) is 0 Å². The van der Waals surface area contributed by atoms with Gasteiger partial charge in [0.05, 0.1) is 6.42 Å². The van der Waals surface area contributed by atoms with Gasteiger partial charge in [-0.1, -0.05) is 29.3 Å². The zero-order valence-electron chi connectivity index (χ0n) is 11.7. The Hall–Kier alpha value is -2.11. The molecule has 2 N–H and O–H groups in total. The number of benzene rings is 1. The lowest BCUT2D eigenvalue weighted by Gasteiger charge is -2.09. The highest BCUT2D eigenvalue weighted by Gasteiger charge is 2.11. The van der Waals surface area contributed by atoms with Crippen LogP contribution in [0.4, 0.5) is 11.5 Å². The first kappa shape index (κ1) is 16.3. The summed E-state index contributed by atoms with van der Waals surface area (Å²) in [6.45, 7) is 1.38. The Balaban J connectivity index is 2.08. The molecule has 22 heavy (non-hydrogen) atoms. The van der Waals surface area contributed by atoms with E-state index in [1.165, 1.54) is 13.1 Å². The molecule has 0 aliphatic carbocycles. The number of nitrogens with one attached hydrogen (secondary N) is 2. The van der Waals surface area contributed by atoms with Crippen molar-refractivity contribution in [2.75, 3.05) is 10.6 Å². The molecular weight excluding hydrogens is 325 g/mol. The summed E-state index contributed by atoms with van der Waals surface area (Å²) in [4.78, 5) is 27.1. The summed E-state index contributed by atoms with van der Waals surface area (Å²) in [6.07, 6.45) is 1.54. The van der Waals surface area contributed by atoms with E-state index in [0.29, 0.717) is 27.1 Å². The van der Waals surface area contributed by atoms with Crippen molar-refractivity contribution in [3.8, 4) is 0 Å². The third kappa shape index (κ3) is 4.44. The molecule has 0 bridgehead atoms. The molecule has 0 aliphatic rings. The molecule has 0 fully saturated rings. The second-order valence-electron chi connectivity index (χ2n) is 4.54. The van der Waals surface area contributed by atoms with E-state index in [4.69, 9.17) is 23.2 Å². The fourth-order valence-electron chi connectivity index (χ4n) is 1.82. The van der Waals surface area contributed by atoms with Gasteiger partial charge in [-0.25, -0.2) is 4.98 Å². The standard InChI is InChI=1S/C15H13Cl2N3O2/c1-9(21)19-14-7-10(5-6-18-14)20-15(22)8-11-12(16)3-2-4-13(11)17/h2-7H,8H2,1H3,(H2,18,19,20,21,22). The molecule has 0 saturated carbocycles. The van der Waals surface area contributed by atoms with Gasteiger partial charge in [0, 0.05) is 34.9 Å². The summed E-state index contributed by atoms with van der Waals surface area (Å²) in [5.74, 6) is -0.144. The molecule has 0 unspecified atom stereocenters. The lowest BCUT2D eigenvalue weighted by molar-refractivity contribution is -0.115. The topological polar surface area (TPSA) is 71.1 Å². The van der Waals surface area contributed by atoms with Crippen LogP contribution >= 0.6 is 23.2 Å². The number of anilines is 2. The van der Waals surface area contributed by atoms with Crippen LogP contribution in [0.2, 0.25) is 10.0 Å². The molecular formula is C15H13Cl2N3O2. The second kappa shape index (κ2) is 7.24. The quantitative estimate of drug-likeness (QED) is 0.896. The van der Waals surface area contributed by atoms with E-state index in [1.807, 2.05) is 0 Å². The summed E-state index contributed by atoms with van der Waals surface area (Å²) in [6, 6.07) is 8.26. The van der Waals surface area contributed by atoms with Crippen LogP contribution in [0, 0.1) is 0 Å². The minimum absolute atomic E-state index is 0.0519. The van der Waals surface area contributed by atoms with Gasteiger partial charge in [0.15, 0.2) is 0 Å². The van der Waals surface area contributed by atoms with E-state index in [0.717, 1.165) is 0 Å². The largest absolute Gasteiger partial charge is 0.326 e. The summed E-state index contributed by atoms with van der Waals surface area (Å²) < 4.78 is 0. The number of carbonyl (C=O) groups excluding carboxylic acids is 2. The van der Waals surface area contributed by atoms with Gasteiger partial charge in [0.25, 0.3) is 0 Å². The predicted octanol–water partition coefficient (Wildman–Crippen LogP) is 3.53. The van der Waals surface area contributed by atoms with Crippen molar-refractivity contribution in [3.05, 3.63) is 52.1 Å². The molecule has 2 amide bonds. The number of nitrogens with zero attached hydrogens (tertiary/aromatic N) is 1. The molecule has 1 aromatic carbocycles. The summed E-state index contributed by atoms with van der Waals surface area (Å²) in [5, 5.41) is 6.14. The minimum atomic E-state index is -0.269. The molecule has 2 rings (SSSR count). The number of pyridine rings is 1. The molecule has 0 spiro atoms. The molecule has 0 saturated heterocycles. The minimum Gasteiger partial charge on any atom is -0.326 e. The van der Waals surface area contributed by atoms with E-state index in [-0.39, 0.29) is 18.2 Å². The lowest BCUT2D eigenvalue weighted by Crippen LogP contribution is -2.15. The molecule has 1 heterocycles. The van der Waals surface area contributed by atoms with Gasteiger partial charge in [0.2, 0.25) is 11.8 Å². The van der Waals surface area contributed by atoms with E-state index in [1.54, 1.807) is 30.3 Å². The van der Waals surface area contributed by atoms with E-state index in [2.05, 4.69) is 15.6 Å². The van der Waals surface area contributed by atoms with Gasteiger partial charge in [-0.05, 0) is 23.8 Å². The monoisotopic (exact) mass is 337 g/mol. The van der Waals surface area contributed by atoms with Crippen LogP contribution in [0.3, 0.4) is 0 Å². The number of hydrogen-bond donors (Lipinski definition) is 2. The van der Waals surface area contributed by atoms with E-state index < -0.39 is 0 Å². The molecule has 0 atom stereocenters. The number of carbonyl (C=O) groups is 2. The fraction of sp³-hybridized carbons (Fsp3) is 0.133. The second-order valence-corrected chi connectivity index (χ2v) is 5.35. The average Bonchev–Trinajstić information content (AvgIpc) is 2.42. The van der Waals surface area contributed by atoms with Gasteiger partial charge in [-0.3, -0.25) is 9.59 Å². The molecule has 5 nitrogen and oxygen atoms in total. The first-order chi connectivity index (χ1) is 10.5. The van der Waals surface area contributed by atoms with Crippen molar-refractivity contribution in [1.82, 2.24) is 4.98 Å². The molecule has 0 aliphatic heterocycles. The Kier molecular flexibility index (Phi) is 5.35. The first-order valence-corrected chi connectivity index (χ1v) is 7.17. The number of halogens is 2. The third-order valence-corrected chi connectivity index (χ3v) is 3.46. The van der Waals surface area contributed by atoms with E-state index in [9.17, 15) is 9.59 Å². The third-order valence-electron chi connectivity index (χ3n) is 2.75. The average molecular weight is 338 g/mol. The number of hydrogen-bond acceptors (Lipinski definition) is 3. The Morgan fingerprint density at radius 2 is 1.82 bits per heavy atom. The van der Waals surface area contributed by atoms with Crippen molar-refractivity contribution in [2.24, 2.45) is 0 Å². The van der Waals surface area contributed by atoms with Crippen LogP contribution in [-0.4, -0.2) is 16.8 Å². The molecule has 2 aromatic rings. The van der Waals surface area contributed by atoms with Crippen LogP contribution in [0.25, 0.3) is 0 Å². The summed E-state index contributed by atoms with van der Waals surface area (Å²) in [5.41, 5.74) is 1.09. The Labute approximate surface area is 137 Å². The highest BCUT2D eigenvalue weighted by molar-refractivity contribution is 6.36. The SMILES string of the molecule is CC(=O)Nc1cc(NC(=O)Cc2c(Cl)cccc2Cl)ccn1. The van der Waals surface area contributed by atoms with Crippen LogP contribution in [0.1, 0.15) is 12.5 Å². The maximum Gasteiger partial charge on any atom is 0.228 e. The van der Waals surface area contributed by atoms with Crippen molar-refractivity contribution < 1.29 is 9.59 Å². The number of rotatable bonds is 4. The normalized spacial score (nSPS) is 10.1. The zero-order chi connectivity index (χ0) is 16.1. The van der Waals surface area contributed by atoms with Crippen molar-refractivity contribution >= 4 is 46.5 Å². The highest BCUT2D eigenvalue weighted by atomic mass is 35.5. The van der Waals surface area contributed by atoms with Crippen LogP contribution < -0.4 is 10.6 Å². The van der Waals surface area contributed by atoms with Gasteiger partial charge >= 0.3 is 0 Å². The summed E-state index contributed by atoms with van der Waals surface area (Å²) in [7, 11) is 0. The maximum atomic E-state index is 12.1. The fourth-order valence-corrected chi connectivity index (χ4v) is 2.36. The summed E-state index contributed by atoms with van der Waals surface area (Å²) >= 11 is 12.1. The number of amides is 2. The Morgan fingerprint density at radius 3 is 2.45 bits per heavy atom. The smallest absolute Gasteiger partial charge is 0.228 e. The maximum absolute atomic E-state index is 12.1. The van der Waals surface area contributed by atoms with Crippen LogP contribution in [-0.2, 0) is 16.0 Å². The molecule has 1 aromatic heterocycles. The Bertz CT molecular complexity index is 699. The predicted molar refractivity (Wildman–Crippen MR) is 87.3 cm³/mol. The zero-order valence-corrected chi connectivity index (χ0v) is 13.2. The van der Waals surface area contributed by atoms with Crippen LogP contribution in [0.5, 0.6) is 0 Å². The van der Waals surface area contributed by atoms with Gasteiger partial charge in [0.1, 0.15) is 5.82 Å². The van der Waals surface area contributed by atoms with Crippen molar-refractivity contribution in [3.63, 3.8) is 0 Å². The van der Waals surface area contributed by atoms with Gasteiger partial charge in [-0.2, -0.15) is 0 Å². The molecule has 0 radical (unpaired) electrons. The van der Waals surface area contributed by atoms with Crippen molar-refractivity contribution in [1.29, 1.82) is 0 Å². The first-order valence-electron chi connectivity index (χ1n) is 6.42. The van der Waals surface area contributed by atoms with Crippen LogP contribution in [0.15, 0.2) is 36.5 Å². The molecule has 114 valence electrons. The van der Waals surface area contributed by atoms with Gasteiger partial charge < -0.3 is 10.6 Å². The lowest BCUT2D eigenvalue weighted by atomic mass is 10.1. The number of aromatic nitrogens is 1. The van der Waals surface area contributed by atoms with E-state index >= 15 is 0 Å². The van der Waals surface area contributed by atoms with Crippen molar-refractivity contribution in [2.45, 2.75) is 13.3 Å². The Morgan fingerprint density at radius 1 is 1.14 bits per heavy atom.